The van der Waals surface area contributed by atoms with Crippen molar-refractivity contribution in [3.05, 3.63) is 24.3 Å². The van der Waals surface area contributed by atoms with Gasteiger partial charge in [-0.05, 0) is 25.6 Å². The summed E-state index contributed by atoms with van der Waals surface area (Å²) in [5.74, 6) is 0. The van der Waals surface area contributed by atoms with Crippen LogP contribution in [0.25, 0.3) is 0 Å². The number of halogens is 1. The van der Waals surface area contributed by atoms with Gasteiger partial charge in [0, 0.05) is 13.1 Å². The molecular formula is C8H14ClN. The van der Waals surface area contributed by atoms with Crippen LogP contribution in [0.15, 0.2) is 24.3 Å². The highest BCUT2D eigenvalue weighted by molar-refractivity contribution is 6.13. The van der Waals surface area contributed by atoms with Crippen LogP contribution in [0.3, 0.4) is 0 Å². The number of hydrogen-bond acceptors (Lipinski definition) is 1. The third-order valence-electron chi connectivity index (χ3n) is 1.02. The molecule has 10 heavy (non-hydrogen) atoms. The molecule has 0 saturated carbocycles. The van der Waals surface area contributed by atoms with E-state index in [9.17, 15) is 0 Å². The molecule has 0 spiro atoms. The molecule has 0 aliphatic heterocycles. The predicted octanol–water partition coefficient (Wildman–Crippen LogP) is 2.59. The van der Waals surface area contributed by atoms with Gasteiger partial charge in [0.1, 0.15) is 0 Å². The van der Waals surface area contributed by atoms with E-state index < -0.39 is 0 Å². The number of nitrogens with zero attached hydrogens (tertiary/aromatic N) is 1. The predicted molar refractivity (Wildman–Crippen MR) is 47.1 cm³/mol. The van der Waals surface area contributed by atoms with Crippen LogP contribution in [0.5, 0.6) is 0 Å². The van der Waals surface area contributed by atoms with Crippen molar-refractivity contribution in [2.75, 3.05) is 13.1 Å². The van der Waals surface area contributed by atoms with Crippen molar-refractivity contribution in [1.82, 2.24) is 4.42 Å². The first kappa shape index (κ1) is 9.73. The summed E-state index contributed by atoms with van der Waals surface area (Å²) in [6.07, 6.45) is 3.86. The van der Waals surface area contributed by atoms with E-state index >= 15 is 0 Å². The van der Waals surface area contributed by atoms with Crippen LogP contribution >= 0.6 is 11.8 Å². The molecule has 0 aromatic rings. The van der Waals surface area contributed by atoms with E-state index in [-0.39, 0.29) is 0 Å². The first-order valence-electron chi connectivity index (χ1n) is 3.31. The molecule has 0 N–H and O–H groups in total. The summed E-state index contributed by atoms with van der Waals surface area (Å²) in [7, 11) is 0. The van der Waals surface area contributed by atoms with Crippen molar-refractivity contribution in [1.29, 1.82) is 0 Å². The van der Waals surface area contributed by atoms with Crippen molar-refractivity contribution in [3.8, 4) is 0 Å². The second kappa shape index (κ2) is 5.51. The molecule has 0 saturated heterocycles. The van der Waals surface area contributed by atoms with Gasteiger partial charge in [0.15, 0.2) is 0 Å². The number of allylic oxidation sites excluding steroid dienone is 1. The summed E-state index contributed by atoms with van der Waals surface area (Å²) in [6, 6.07) is 0. The molecule has 1 nitrogen and oxygen atoms in total. The Morgan fingerprint density at radius 2 is 2.10 bits per heavy atom. The fraction of sp³-hybridized carbons (Fsp3) is 0.500. The Morgan fingerprint density at radius 1 is 1.50 bits per heavy atom. The molecule has 0 aromatic heterocycles. The number of rotatable bonds is 4. The summed E-state index contributed by atoms with van der Waals surface area (Å²) in [5, 5.41) is 0. The molecule has 0 rings (SSSR count). The average molecular weight is 160 g/mol. The van der Waals surface area contributed by atoms with E-state index in [1.165, 1.54) is 5.57 Å². The molecule has 0 amide bonds. The van der Waals surface area contributed by atoms with E-state index in [4.69, 9.17) is 11.8 Å². The third-order valence-corrected chi connectivity index (χ3v) is 1.30. The lowest BCUT2D eigenvalue weighted by atomic mass is 10.3. The molecule has 0 radical (unpaired) electrons. The second-order valence-corrected chi connectivity index (χ2v) is 2.88. The highest BCUT2D eigenvalue weighted by Crippen LogP contribution is 1.96. The van der Waals surface area contributed by atoms with Gasteiger partial charge in [-0.1, -0.05) is 17.7 Å². The third kappa shape index (κ3) is 5.86. The van der Waals surface area contributed by atoms with Crippen LogP contribution in [0.1, 0.15) is 13.8 Å². The standard InChI is InChI=1S/C8H14ClN/c1-4-6-10(9)7-5-8(2)3/h4-5H,1,6-7H2,2-3H3. The van der Waals surface area contributed by atoms with Gasteiger partial charge in [0.05, 0.1) is 0 Å². The zero-order valence-electron chi connectivity index (χ0n) is 6.60. The Kier molecular flexibility index (Phi) is 5.36. The monoisotopic (exact) mass is 159 g/mol. The lowest BCUT2D eigenvalue weighted by molar-refractivity contribution is 0.558. The van der Waals surface area contributed by atoms with E-state index in [0.717, 1.165) is 13.1 Å². The van der Waals surface area contributed by atoms with E-state index in [1.54, 1.807) is 10.5 Å². The maximum Gasteiger partial charge on any atom is 0.0325 e. The Labute approximate surface area is 68.1 Å². The van der Waals surface area contributed by atoms with Gasteiger partial charge in [-0.2, -0.15) is 0 Å². The van der Waals surface area contributed by atoms with Crippen LogP contribution in [0.4, 0.5) is 0 Å². The van der Waals surface area contributed by atoms with Crippen LogP contribution < -0.4 is 0 Å². The lowest BCUT2D eigenvalue weighted by Crippen LogP contribution is -2.11. The highest BCUT2D eigenvalue weighted by atomic mass is 35.5. The lowest BCUT2D eigenvalue weighted by Gasteiger charge is -2.06. The zero-order chi connectivity index (χ0) is 7.98. The molecule has 0 aliphatic rings. The molecule has 0 aliphatic carbocycles. The molecule has 0 aromatic carbocycles. The Bertz CT molecular complexity index is 125. The SMILES string of the molecule is C=CCN(Cl)CC=C(C)C. The Balaban J connectivity index is 3.48. The van der Waals surface area contributed by atoms with Crippen LogP contribution in [-0.2, 0) is 0 Å². The van der Waals surface area contributed by atoms with Gasteiger partial charge in [0.2, 0.25) is 0 Å². The molecule has 0 heterocycles. The van der Waals surface area contributed by atoms with Crippen molar-refractivity contribution >= 4 is 11.8 Å². The average Bonchev–Trinajstić information content (AvgIpc) is 1.85. The maximum atomic E-state index is 5.74. The van der Waals surface area contributed by atoms with Gasteiger partial charge in [-0.15, -0.1) is 6.58 Å². The minimum absolute atomic E-state index is 0.728. The van der Waals surface area contributed by atoms with Gasteiger partial charge >= 0.3 is 0 Å². The van der Waals surface area contributed by atoms with Crippen LogP contribution in [0.2, 0.25) is 0 Å². The van der Waals surface area contributed by atoms with Gasteiger partial charge < -0.3 is 0 Å². The smallest absolute Gasteiger partial charge is 0.0325 e. The van der Waals surface area contributed by atoms with E-state index in [2.05, 4.69) is 26.5 Å². The zero-order valence-corrected chi connectivity index (χ0v) is 7.36. The fourth-order valence-corrected chi connectivity index (χ4v) is 0.663. The first-order valence-corrected chi connectivity index (χ1v) is 3.65. The summed E-state index contributed by atoms with van der Waals surface area (Å²) in [6.45, 7) is 9.20. The largest absolute Gasteiger partial charge is 0.213 e. The quantitative estimate of drug-likeness (QED) is 0.450. The molecular weight excluding hydrogens is 146 g/mol. The van der Waals surface area contributed by atoms with Gasteiger partial charge in [-0.3, -0.25) is 0 Å². The molecule has 58 valence electrons. The topological polar surface area (TPSA) is 3.24 Å². The van der Waals surface area contributed by atoms with Crippen molar-refractivity contribution in [3.63, 3.8) is 0 Å². The number of hydrogen-bond donors (Lipinski definition) is 0. The minimum Gasteiger partial charge on any atom is -0.213 e. The first-order chi connectivity index (χ1) is 4.66. The summed E-state index contributed by atoms with van der Waals surface area (Å²) in [5.41, 5.74) is 1.29. The summed E-state index contributed by atoms with van der Waals surface area (Å²) in [4.78, 5) is 0. The molecule has 0 bridgehead atoms. The summed E-state index contributed by atoms with van der Waals surface area (Å²) < 4.78 is 1.68. The normalized spacial score (nSPS) is 9.60. The molecule has 2 heteroatoms. The van der Waals surface area contributed by atoms with Crippen molar-refractivity contribution < 1.29 is 0 Å². The van der Waals surface area contributed by atoms with Crippen LogP contribution in [0, 0.1) is 0 Å². The highest BCUT2D eigenvalue weighted by Gasteiger charge is 1.91. The molecule has 0 unspecified atom stereocenters. The van der Waals surface area contributed by atoms with Gasteiger partial charge in [-0.25, -0.2) is 4.42 Å². The van der Waals surface area contributed by atoms with Gasteiger partial charge in [0.25, 0.3) is 0 Å². The molecule has 0 atom stereocenters. The van der Waals surface area contributed by atoms with E-state index in [1.807, 2.05) is 0 Å². The fourth-order valence-electron chi connectivity index (χ4n) is 0.496. The maximum absolute atomic E-state index is 5.74. The molecule has 0 fully saturated rings. The second-order valence-electron chi connectivity index (χ2n) is 2.40. The summed E-state index contributed by atoms with van der Waals surface area (Å²) >= 11 is 5.74. The van der Waals surface area contributed by atoms with Crippen molar-refractivity contribution in [2.45, 2.75) is 13.8 Å². The van der Waals surface area contributed by atoms with E-state index in [0.29, 0.717) is 0 Å². The Morgan fingerprint density at radius 3 is 2.50 bits per heavy atom. The minimum atomic E-state index is 0.728. The van der Waals surface area contributed by atoms with Crippen molar-refractivity contribution in [2.24, 2.45) is 0 Å². The Hall–Kier alpha value is -0.270. The van der Waals surface area contributed by atoms with Crippen LogP contribution in [-0.4, -0.2) is 17.5 Å².